The van der Waals surface area contributed by atoms with E-state index in [1.807, 2.05) is 0 Å². The molecule has 3 nitrogen and oxygen atoms in total. The molecule has 1 fully saturated rings. The minimum Gasteiger partial charge on any atom is -0.357 e. The van der Waals surface area contributed by atoms with Crippen molar-refractivity contribution in [3.05, 3.63) is 34.9 Å². The van der Waals surface area contributed by atoms with Crippen LogP contribution in [0.25, 0.3) is 0 Å². The van der Waals surface area contributed by atoms with Crippen molar-refractivity contribution in [1.29, 1.82) is 0 Å². The van der Waals surface area contributed by atoms with Crippen molar-refractivity contribution in [3.8, 4) is 0 Å². The van der Waals surface area contributed by atoms with Crippen LogP contribution in [0.2, 0.25) is 0 Å². The van der Waals surface area contributed by atoms with Crippen LogP contribution in [0.4, 0.5) is 0 Å². The van der Waals surface area contributed by atoms with Crippen LogP contribution < -0.4 is 10.6 Å². The molecule has 2 N–H and O–H groups in total. The van der Waals surface area contributed by atoms with Gasteiger partial charge in [-0.25, -0.2) is 0 Å². The van der Waals surface area contributed by atoms with Crippen molar-refractivity contribution in [2.75, 3.05) is 13.1 Å². The fraction of sp³-hybridized carbons (Fsp3) is 0.588. The molecule has 1 aromatic carbocycles. The fourth-order valence-corrected chi connectivity index (χ4v) is 2.43. The van der Waals surface area contributed by atoms with E-state index in [2.05, 4.69) is 61.5 Å². The molecule has 1 aromatic rings. The quantitative estimate of drug-likeness (QED) is 0.451. The maximum atomic E-state index is 4.68. The van der Waals surface area contributed by atoms with Crippen molar-refractivity contribution in [2.24, 2.45) is 10.9 Å². The first-order valence-corrected chi connectivity index (χ1v) is 7.71. The van der Waals surface area contributed by atoms with E-state index >= 15 is 0 Å². The summed E-state index contributed by atoms with van der Waals surface area (Å²) in [5.41, 5.74) is 4.09. The number of aryl methyl sites for hydroxylation is 2. The highest BCUT2D eigenvalue weighted by Gasteiger charge is 2.33. The lowest BCUT2D eigenvalue weighted by Crippen LogP contribution is -2.39. The van der Waals surface area contributed by atoms with Gasteiger partial charge >= 0.3 is 0 Å². The van der Waals surface area contributed by atoms with Crippen molar-refractivity contribution in [1.82, 2.24) is 10.6 Å². The second-order valence-corrected chi connectivity index (χ2v) is 5.90. The number of nitrogens with one attached hydrogen (secondary N) is 2. The molecular formula is C17H28IN3. The highest BCUT2D eigenvalue weighted by atomic mass is 127. The van der Waals surface area contributed by atoms with Gasteiger partial charge in [-0.3, -0.25) is 4.99 Å². The van der Waals surface area contributed by atoms with Gasteiger partial charge in [-0.2, -0.15) is 0 Å². The maximum Gasteiger partial charge on any atom is 0.191 e. The Morgan fingerprint density at radius 3 is 2.62 bits per heavy atom. The predicted molar refractivity (Wildman–Crippen MR) is 102 cm³/mol. The van der Waals surface area contributed by atoms with Gasteiger partial charge in [-0.1, -0.05) is 30.7 Å². The molecule has 0 bridgehead atoms. The highest BCUT2D eigenvalue weighted by Crippen LogP contribution is 2.28. The molecule has 0 spiro atoms. The van der Waals surface area contributed by atoms with Crippen LogP contribution in [0.15, 0.2) is 23.2 Å². The molecule has 4 heteroatoms. The highest BCUT2D eigenvalue weighted by molar-refractivity contribution is 14.0. The molecule has 0 saturated heterocycles. The van der Waals surface area contributed by atoms with Crippen LogP contribution in [-0.2, 0) is 6.42 Å². The normalized spacial score (nSPS) is 20.7. The number of aliphatic imine (C=N–C) groups is 1. The van der Waals surface area contributed by atoms with E-state index in [1.165, 1.54) is 23.1 Å². The summed E-state index contributed by atoms with van der Waals surface area (Å²) in [5.74, 6) is 1.75. The van der Waals surface area contributed by atoms with Gasteiger partial charge in [0.1, 0.15) is 0 Å². The monoisotopic (exact) mass is 401 g/mol. The summed E-state index contributed by atoms with van der Waals surface area (Å²) < 4.78 is 0. The van der Waals surface area contributed by atoms with E-state index in [9.17, 15) is 0 Å². The maximum absolute atomic E-state index is 4.68. The number of rotatable bonds is 5. The minimum absolute atomic E-state index is 0. The SMILES string of the molecule is CCNC(=NCCc1ccc(C)cc1C)NC1CC1C.I. The smallest absolute Gasteiger partial charge is 0.191 e. The third kappa shape index (κ3) is 5.85. The average Bonchev–Trinajstić information content (AvgIpc) is 3.08. The Labute approximate surface area is 146 Å². The molecular weight excluding hydrogens is 373 g/mol. The van der Waals surface area contributed by atoms with E-state index in [-0.39, 0.29) is 24.0 Å². The average molecular weight is 401 g/mol. The van der Waals surface area contributed by atoms with Gasteiger partial charge in [-0.05, 0) is 50.7 Å². The largest absolute Gasteiger partial charge is 0.357 e. The zero-order valence-electron chi connectivity index (χ0n) is 13.6. The minimum atomic E-state index is 0. The summed E-state index contributed by atoms with van der Waals surface area (Å²) in [5, 5.41) is 6.81. The van der Waals surface area contributed by atoms with Crippen molar-refractivity contribution in [3.63, 3.8) is 0 Å². The molecule has 2 atom stereocenters. The first kappa shape index (κ1) is 18.3. The van der Waals surface area contributed by atoms with E-state index < -0.39 is 0 Å². The van der Waals surface area contributed by atoms with Crippen LogP contribution in [0.3, 0.4) is 0 Å². The van der Waals surface area contributed by atoms with Crippen molar-refractivity contribution in [2.45, 2.75) is 46.6 Å². The number of guanidine groups is 1. The Morgan fingerprint density at radius 2 is 2.05 bits per heavy atom. The Balaban J connectivity index is 0.00000220. The zero-order valence-corrected chi connectivity index (χ0v) is 15.9. The van der Waals surface area contributed by atoms with Gasteiger partial charge in [0.2, 0.25) is 0 Å². The van der Waals surface area contributed by atoms with Crippen LogP contribution in [0.5, 0.6) is 0 Å². The molecule has 0 amide bonds. The third-order valence-corrected chi connectivity index (χ3v) is 3.92. The molecule has 0 heterocycles. The van der Waals surface area contributed by atoms with Crippen molar-refractivity contribution < 1.29 is 0 Å². The first-order valence-electron chi connectivity index (χ1n) is 7.71. The molecule has 1 aliphatic rings. The summed E-state index contributed by atoms with van der Waals surface area (Å²) in [6.45, 7) is 10.5. The molecule has 0 radical (unpaired) electrons. The van der Waals surface area contributed by atoms with Gasteiger partial charge < -0.3 is 10.6 Å². The van der Waals surface area contributed by atoms with Gasteiger partial charge in [-0.15, -0.1) is 24.0 Å². The van der Waals surface area contributed by atoms with E-state index in [1.54, 1.807) is 0 Å². The number of hydrogen-bond donors (Lipinski definition) is 2. The zero-order chi connectivity index (χ0) is 14.5. The summed E-state index contributed by atoms with van der Waals surface area (Å²) in [6, 6.07) is 7.27. The second kappa shape index (κ2) is 8.61. The number of hydrogen-bond acceptors (Lipinski definition) is 1. The third-order valence-electron chi connectivity index (χ3n) is 3.92. The molecule has 1 saturated carbocycles. The van der Waals surface area contributed by atoms with Gasteiger partial charge in [0.05, 0.1) is 0 Å². The van der Waals surface area contributed by atoms with E-state index in [4.69, 9.17) is 0 Å². The lowest BCUT2D eigenvalue weighted by atomic mass is 10.0. The topological polar surface area (TPSA) is 36.4 Å². The van der Waals surface area contributed by atoms with Crippen LogP contribution in [0, 0.1) is 19.8 Å². The fourth-order valence-electron chi connectivity index (χ4n) is 2.43. The molecule has 0 aromatic heterocycles. The molecule has 21 heavy (non-hydrogen) atoms. The van der Waals surface area contributed by atoms with Crippen LogP contribution in [0.1, 0.15) is 37.0 Å². The molecule has 1 aliphatic carbocycles. The molecule has 118 valence electrons. The number of nitrogens with zero attached hydrogens (tertiary/aromatic N) is 1. The predicted octanol–water partition coefficient (Wildman–Crippen LogP) is 3.43. The molecule has 2 unspecified atom stereocenters. The first-order chi connectivity index (χ1) is 9.60. The Morgan fingerprint density at radius 1 is 1.33 bits per heavy atom. The Bertz CT molecular complexity index is 485. The lowest BCUT2D eigenvalue weighted by molar-refractivity contribution is 0.765. The lowest BCUT2D eigenvalue weighted by Gasteiger charge is -2.11. The number of benzene rings is 1. The Hall–Kier alpha value is -0.780. The summed E-state index contributed by atoms with van der Waals surface area (Å²) in [4.78, 5) is 4.68. The van der Waals surface area contributed by atoms with Gasteiger partial charge in [0.25, 0.3) is 0 Å². The molecule has 2 rings (SSSR count). The summed E-state index contributed by atoms with van der Waals surface area (Å²) in [7, 11) is 0. The van der Waals surface area contributed by atoms with E-state index in [0.29, 0.717) is 6.04 Å². The summed E-state index contributed by atoms with van der Waals surface area (Å²) in [6.07, 6.45) is 2.27. The Kier molecular flexibility index (Phi) is 7.49. The molecule has 0 aliphatic heterocycles. The van der Waals surface area contributed by atoms with Crippen LogP contribution in [-0.4, -0.2) is 25.1 Å². The van der Waals surface area contributed by atoms with Gasteiger partial charge in [0, 0.05) is 19.1 Å². The van der Waals surface area contributed by atoms with Gasteiger partial charge in [0.15, 0.2) is 5.96 Å². The van der Waals surface area contributed by atoms with Crippen LogP contribution >= 0.6 is 24.0 Å². The van der Waals surface area contributed by atoms with Crippen molar-refractivity contribution >= 4 is 29.9 Å². The van der Waals surface area contributed by atoms with E-state index in [0.717, 1.165) is 31.4 Å². The standard InChI is InChI=1S/C17H27N3.HI/c1-5-18-17(20-16-11-14(16)4)19-9-8-15-7-6-12(2)10-13(15)3;/h6-7,10,14,16H,5,8-9,11H2,1-4H3,(H2,18,19,20);1H. The summed E-state index contributed by atoms with van der Waals surface area (Å²) >= 11 is 0. The second-order valence-electron chi connectivity index (χ2n) is 5.90. The number of halogens is 1.